The second-order valence-electron chi connectivity index (χ2n) is 6.98. The minimum Gasteiger partial charge on any atom is -0.353 e. The van der Waals surface area contributed by atoms with Gasteiger partial charge in [0.1, 0.15) is 12.1 Å². The quantitative estimate of drug-likeness (QED) is 0.641. The molecule has 0 spiro atoms. The molecule has 3 heterocycles. The van der Waals surface area contributed by atoms with Crippen molar-refractivity contribution in [1.29, 1.82) is 0 Å². The first-order chi connectivity index (χ1) is 13.0. The summed E-state index contributed by atoms with van der Waals surface area (Å²) in [4.78, 5) is 21.5. The number of anilines is 1. The molecule has 0 saturated carbocycles. The highest BCUT2D eigenvalue weighted by Gasteiger charge is 2.24. The maximum Gasteiger partial charge on any atom is 0.256 e. The van der Waals surface area contributed by atoms with Crippen LogP contribution in [0.25, 0.3) is 5.78 Å². The highest BCUT2D eigenvalue weighted by Crippen LogP contribution is 2.22. The third kappa shape index (κ3) is 3.53. The number of benzene rings is 1. The third-order valence-corrected chi connectivity index (χ3v) is 5.40. The molecule has 4 rings (SSSR count). The summed E-state index contributed by atoms with van der Waals surface area (Å²) < 4.78 is 2.90. The minimum atomic E-state index is 0.0749. The third-order valence-electron chi connectivity index (χ3n) is 4.87. The molecule has 140 valence electrons. The first-order valence-corrected chi connectivity index (χ1v) is 9.82. The van der Waals surface area contributed by atoms with Crippen LogP contribution >= 0.6 is 15.9 Å². The lowest BCUT2D eigenvalue weighted by molar-refractivity contribution is 0.0746. The number of halogens is 1. The molecule has 1 amide bonds. The fourth-order valence-corrected chi connectivity index (χ4v) is 3.61. The molecule has 0 radical (unpaired) electrons. The van der Waals surface area contributed by atoms with Gasteiger partial charge >= 0.3 is 0 Å². The fraction of sp³-hybridized carbons (Fsp3) is 0.368. The summed E-state index contributed by atoms with van der Waals surface area (Å²) in [6.07, 6.45) is 1.70. The maximum atomic E-state index is 12.7. The Bertz CT molecular complexity index is 960. The monoisotopic (exact) mass is 428 g/mol. The lowest BCUT2D eigenvalue weighted by Crippen LogP contribution is -2.49. The van der Waals surface area contributed by atoms with E-state index in [1.54, 1.807) is 6.33 Å². The molecule has 0 aliphatic carbocycles. The molecule has 27 heavy (non-hydrogen) atoms. The molecule has 0 N–H and O–H groups in total. The Hall–Kier alpha value is -2.48. The Kier molecular flexibility index (Phi) is 4.82. The summed E-state index contributed by atoms with van der Waals surface area (Å²) in [6, 6.07) is 9.61. The van der Waals surface area contributed by atoms with Crippen LogP contribution in [0.3, 0.4) is 0 Å². The average Bonchev–Trinajstić information content (AvgIpc) is 3.16. The number of piperazine rings is 1. The zero-order valence-corrected chi connectivity index (χ0v) is 16.9. The molecule has 1 aliphatic heterocycles. The molecular formula is C19H21BrN6O. The molecule has 0 atom stereocenters. The molecular weight excluding hydrogens is 408 g/mol. The van der Waals surface area contributed by atoms with Crippen LogP contribution in [-0.2, 0) is 0 Å². The van der Waals surface area contributed by atoms with Gasteiger partial charge in [-0.2, -0.15) is 4.98 Å². The summed E-state index contributed by atoms with van der Waals surface area (Å²) in [7, 11) is 0. The van der Waals surface area contributed by atoms with Gasteiger partial charge < -0.3 is 9.80 Å². The van der Waals surface area contributed by atoms with Gasteiger partial charge in [0.15, 0.2) is 0 Å². The van der Waals surface area contributed by atoms with Gasteiger partial charge in [-0.25, -0.2) is 0 Å². The summed E-state index contributed by atoms with van der Waals surface area (Å²) in [5.74, 6) is 1.93. The van der Waals surface area contributed by atoms with Crippen LogP contribution in [0.15, 0.2) is 41.1 Å². The van der Waals surface area contributed by atoms with E-state index in [4.69, 9.17) is 0 Å². The fourth-order valence-electron chi connectivity index (χ4n) is 3.34. The smallest absolute Gasteiger partial charge is 0.256 e. The average molecular weight is 429 g/mol. The molecule has 1 aromatic carbocycles. The van der Waals surface area contributed by atoms with Crippen LogP contribution in [0.5, 0.6) is 0 Å². The predicted molar refractivity (Wildman–Crippen MR) is 107 cm³/mol. The van der Waals surface area contributed by atoms with E-state index in [-0.39, 0.29) is 5.91 Å². The Morgan fingerprint density at radius 3 is 2.48 bits per heavy atom. The highest BCUT2D eigenvalue weighted by atomic mass is 79.9. The lowest BCUT2D eigenvalue weighted by Gasteiger charge is -2.35. The van der Waals surface area contributed by atoms with Crippen molar-refractivity contribution in [2.75, 3.05) is 31.1 Å². The molecule has 0 bridgehead atoms. The van der Waals surface area contributed by atoms with E-state index in [0.717, 1.165) is 34.6 Å². The number of rotatable bonds is 3. The van der Waals surface area contributed by atoms with E-state index in [2.05, 4.69) is 55.9 Å². The van der Waals surface area contributed by atoms with Crippen LogP contribution in [0, 0.1) is 0 Å². The van der Waals surface area contributed by atoms with Crippen molar-refractivity contribution in [2.24, 2.45) is 0 Å². The van der Waals surface area contributed by atoms with E-state index < -0.39 is 0 Å². The van der Waals surface area contributed by atoms with Crippen molar-refractivity contribution in [1.82, 2.24) is 24.5 Å². The zero-order chi connectivity index (χ0) is 19.0. The predicted octanol–water partition coefficient (Wildman–Crippen LogP) is 2.97. The number of carbonyl (C=O) groups is 1. The van der Waals surface area contributed by atoms with Gasteiger partial charge in [-0.1, -0.05) is 29.8 Å². The summed E-state index contributed by atoms with van der Waals surface area (Å²) in [6.45, 7) is 7.13. The highest BCUT2D eigenvalue weighted by molar-refractivity contribution is 9.10. The van der Waals surface area contributed by atoms with Crippen molar-refractivity contribution < 1.29 is 4.79 Å². The second-order valence-corrected chi connectivity index (χ2v) is 7.90. The van der Waals surface area contributed by atoms with Crippen molar-refractivity contribution in [2.45, 2.75) is 19.8 Å². The van der Waals surface area contributed by atoms with Crippen molar-refractivity contribution in [3.63, 3.8) is 0 Å². The van der Waals surface area contributed by atoms with Crippen LogP contribution in [0.4, 0.5) is 5.82 Å². The molecule has 7 nitrogen and oxygen atoms in total. The molecule has 2 aromatic heterocycles. The molecule has 1 saturated heterocycles. The van der Waals surface area contributed by atoms with E-state index >= 15 is 0 Å². The van der Waals surface area contributed by atoms with Crippen LogP contribution in [-0.4, -0.2) is 56.6 Å². The summed E-state index contributed by atoms with van der Waals surface area (Å²) >= 11 is 3.40. The lowest BCUT2D eigenvalue weighted by atomic mass is 10.1. The summed E-state index contributed by atoms with van der Waals surface area (Å²) in [5, 5.41) is 8.10. The van der Waals surface area contributed by atoms with E-state index in [9.17, 15) is 4.79 Å². The van der Waals surface area contributed by atoms with E-state index in [1.165, 1.54) is 0 Å². The molecule has 1 fully saturated rings. The molecule has 8 heteroatoms. The summed E-state index contributed by atoms with van der Waals surface area (Å²) in [5.41, 5.74) is 1.85. The number of nitrogens with zero attached hydrogens (tertiary/aromatic N) is 6. The standard InChI is InChI=1S/C19H21BrN6O/c1-13(2)16-11-17(22-19-23-21-12-26(16)19)24-7-9-25(10-8-24)18(27)14-3-5-15(20)6-4-14/h3-6,11-13H,7-10H2,1-2H3. The normalized spacial score (nSPS) is 15.0. The Labute approximate surface area is 166 Å². The number of amides is 1. The Balaban J connectivity index is 1.50. The number of carbonyl (C=O) groups excluding carboxylic acids is 1. The topological polar surface area (TPSA) is 66.6 Å². The van der Waals surface area contributed by atoms with Crippen molar-refractivity contribution in [3.05, 3.63) is 52.4 Å². The molecule has 1 aliphatic rings. The number of hydrogen-bond donors (Lipinski definition) is 0. The SMILES string of the molecule is CC(C)c1cc(N2CCN(C(=O)c3ccc(Br)cc3)CC2)nc2nncn12. The molecule has 3 aromatic rings. The maximum absolute atomic E-state index is 12.7. The van der Waals surface area contributed by atoms with E-state index in [0.29, 0.717) is 24.8 Å². The van der Waals surface area contributed by atoms with E-state index in [1.807, 2.05) is 33.6 Å². The van der Waals surface area contributed by atoms with Gasteiger partial charge in [0.05, 0.1) is 0 Å². The van der Waals surface area contributed by atoms with Crippen molar-refractivity contribution in [3.8, 4) is 0 Å². The minimum absolute atomic E-state index is 0.0749. The van der Waals surface area contributed by atoms with Gasteiger partial charge in [-0.05, 0) is 30.2 Å². The first-order valence-electron chi connectivity index (χ1n) is 9.03. The number of aromatic nitrogens is 4. The second kappa shape index (κ2) is 7.26. The van der Waals surface area contributed by atoms with Crippen LogP contribution < -0.4 is 4.90 Å². The zero-order valence-electron chi connectivity index (χ0n) is 15.3. The van der Waals surface area contributed by atoms with Gasteiger partial charge in [0.2, 0.25) is 0 Å². The van der Waals surface area contributed by atoms with Gasteiger partial charge in [0, 0.05) is 48.0 Å². The number of fused-ring (bicyclic) bond motifs is 1. The Morgan fingerprint density at radius 1 is 1.11 bits per heavy atom. The largest absolute Gasteiger partial charge is 0.353 e. The van der Waals surface area contributed by atoms with Crippen LogP contribution in [0.1, 0.15) is 35.8 Å². The van der Waals surface area contributed by atoms with Crippen LogP contribution in [0.2, 0.25) is 0 Å². The number of hydrogen-bond acceptors (Lipinski definition) is 5. The molecule has 0 unspecified atom stereocenters. The Morgan fingerprint density at radius 2 is 1.81 bits per heavy atom. The van der Waals surface area contributed by atoms with Gasteiger partial charge in [0.25, 0.3) is 11.7 Å². The van der Waals surface area contributed by atoms with Gasteiger partial charge in [-0.3, -0.25) is 9.20 Å². The van der Waals surface area contributed by atoms with Crippen molar-refractivity contribution >= 4 is 33.4 Å². The first kappa shape index (κ1) is 17.9. The van der Waals surface area contributed by atoms with Gasteiger partial charge in [-0.15, -0.1) is 10.2 Å².